The predicted octanol–water partition coefficient (Wildman–Crippen LogP) is 4.54. The van der Waals surface area contributed by atoms with Crippen molar-refractivity contribution in [3.05, 3.63) is 35.1 Å². The van der Waals surface area contributed by atoms with Crippen molar-refractivity contribution in [2.75, 3.05) is 6.54 Å². The third-order valence-electron chi connectivity index (χ3n) is 2.95. The van der Waals surface area contributed by atoms with Crippen LogP contribution in [0.1, 0.15) is 44.4 Å². The minimum Gasteiger partial charge on any atom is -0.310 e. The highest BCUT2D eigenvalue weighted by Crippen LogP contribution is 2.35. The monoisotopic (exact) mass is 277 g/mol. The average molecular weight is 277 g/mol. The van der Waals surface area contributed by atoms with Gasteiger partial charge in [0.05, 0.1) is 5.56 Å². The molecule has 0 aliphatic rings. The molecule has 108 valence electrons. The number of hydrogen-bond acceptors (Lipinski definition) is 1. The second-order valence-electron chi connectivity index (χ2n) is 4.88. The van der Waals surface area contributed by atoms with Gasteiger partial charge in [-0.1, -0.05) is 32.9 Å². The number of alkyl halides is 3. The molecule has 0 spiro atoms. The van der Waals surface area contributed by atoms with Crippen LogP contribution in [0.3, 0.4) is 0 Å². The summed E-state index contributed by atoms with van der Waals surface area (Å²) in [5.74, 6) is -1.16. The third kappa shape index (κ3) is 3.93. The van der Waals surface area contributed by atoms with Crippen molar-refractivity contribution >= 4 is 0 Å². The summed E-state index contributed by atoms with van der Waals surface area (Å²) < 4.78 is 52.1. The first-order chi connectivity index (χ1) is 8.79. The van der Waals surface area contributed by atoms with Gasteiger partial charge >= 0.3 is 6.18 Å². The van der Waals surface area contributed by atoms with Crippen molar-refractivity contribution in [2.45, 2.75) is 39.4 Å². The maximum absolute atomic E-state index is 14.0. The normalized spacial score (nSPS) is 13.9. The molecular weight excluding hydrogens is 258 g/mol. The first kappa shape index (κ1) is 16.0. The Morgan fingerprint density at radius 3 is 2.32 bits per heavy atom. The van der Waals surface area contributed by atoms with E-state index in [0.29, 0.717) is 6.54 Å². The van der Waals surface area contributed by atoms with Crippen LogP contribution in [-0.2, 0) is 6.18 Å². The number of halogens is 4. The second-order valence-corrected chi connectivity index (χ2v) is 4.88. The zero-order valence-corrected chi connectivity index (χ0v) is 11.3. The highest BCUT2D eigenvalue weighted by Gasteiger charge is 2.36. The zero-order valence-electron chi connectivity index (χ0n) is 11.3. The lowest BCUT2D eigenvalue weighted by Gasteiger charge is -2.24. The Morgan fingerprint density at radius 2 is 1.84 bits per heavy atom. The van der Waals surface area contributed by atoms with Crippen molar-refractivity contribution in [1.82, 2.24) is 5.32 Å². The molecule has 0 amide bonds. The molecule has 0 aliphatic carbocycles. The fourth-order valence-electron chi connectivity index (χ4n) is 2.01. The van der Waals surface area contributed by atoms with E-state index >= 15 is 0 Å². The van der Waals surface area contributed by atoms with Gasteiger partial charge in [0.2, 0.25) is 0 Å². The van der Waals surface area contributed by atoms with Crippen LogP contribution in [-0.4, -0.2) is 6.54 Å². The van der Waals surface area contributed by atoms with E-state index in [1.807, 2.05) is 20.8 Å². The molecule has 0 bridgehead atoms. The molecule has 0 heterocycles. The summed E-state index contributed by atoms with van der Waals surface area (Å²) in [7, 11) is 0. The number of rotatable bonds is 5. The van der Waals surface area contributed by atoms with E-state index in [-0.39, 0.29) is 11.5 Å². The van der Waals surface area contributed by atoms with Crippen LogP contribution in [0.15, 0.2) is 18.2 Å². The van der Waals surface area contributed by atoms with Gasteiger partial charge in [-0.05, 0) is 24.9 Å². The molecule has 0 aliphatic heterocycles. The number of hydrogen-bond donors (Lipinski definition) is 1. The summed E-state index contributed by atoms with van der Waals surface area (Å²) in [4.78, 5) is 0. The van der Waals surface area contributed by atoms with Crippen molar-refractivity contribution in [2.24, 2.45) is 5.92 Å². The second kappa shape index (κ2) is 6.37. The SMILES string of the molecule is CCCNC(c1cccc(C(F)(F)F)c1F)C(C)C. The standard InChI is InChI=1S/C14H19F4N/c1-4-8-19-13(9(2)3)10-6-5-7-11(12(10)15)14(16,17)18/h5-7,9,13,19H,4,8H2,1-3H3. The van der Waals surface area contributed by atoms with Crippen LogP contribution >= 0.6 is 0 Å². The van der Waals surface area contributed by atoms with Gasteiger partial charge in [0.1, 0.15) is 5.82 Å². The predicted molar refractivity (Wildman–Crippen MR) is 67.3 cm³/mol. The molecule has 1 aromatic rings. The lowest BCUT2D eigenvalue weighted by molar-refractivity contribution is -0.140. The molecule has 1 atom stereocenters. The van der Waals surface area contributed by atoms with Crippen LogP contribution in [0.5, 0.6) is 0 Å². The summed E-state index contributed by atoms with van der Waals surface area (Å²) >= 11 is 0. The number of benzene rings is 1. The van der Waals surface area contributed by atoms with Gasteiger partial charge < -0.3 is 5.32 Å². The molecule has 0 radical (unpaired) electrons. The molecule has 1 rings (SSSR count). The Hall–Kier alpha value is -1.10. The van der Waals surface area contributed by atoms with Crippen molar-refractivity contribution in [3.8, 4) is 0 Å². The average Bonchev–Trinajstić information content (AvgIpc) is 2.29. The molecule has 0 aromatic heterocycles. The third-order valence-corrected chi connectivity index (χ3v) is 2.95. The quantitative estimate of drug-likeness (QED) is 0.779. The smallest absolute Gasteiger partial charge is 0.310 e. The van der Waals surface area contributed by atoms with E-state index in [4.69, 9.17) is 0 Å². The fraction of sp³-hybridized carbons (Fsp3) is 0.571. The molecule has 1 nitrogen and oxygen atoms in total. The van der Waals surface area contributed by atoms with E-state index in [9.17, 15) is 17.6 Å². The zero-order chi connectivity index (χ0) is 14.6. The molecule has 1 N–H and O–H groups in total. The lowest BCUT2D eigenvalue weighted by Crippen LogP contribution is -2.28. The minimum absolute atomic E-state index is 0.00420. The van der Waals surface area contributed by atoms with Crippen LogP contribution in [0.25, 0.3) is 0 Å². The largest absolute Gasteiger partial charge is 0.419 e. The summed E-state index contributed by atoms with van der Waals surface area (Å²) in [6.07, 6.45) is -3.82. The van der Waals surface area contributed by atoms with Gasteiger partial charge in [-0.25, -0.2) is 4.39 Å². The van der Waals surface area contributed by atoms with Crippen molar-refractivity contribution in [3.63, 3.8) is 0 Å². The minimum atomic E-state index is -4.66. The molecule has 19 heavy (non-hydrogen) atoms. The Bertz CT molecular complexity index is 412. The Labute approximate surface area is 111 Å². The maximum Gasteiger partial charge on any atom is 0.419 e. The van der Waals surface area contributed by atoms with E-state index in [0.717, 1.165) is 12.5 Å². The molecular formula is C14H19F4N. The van der Waals surface area contributed by atoms with Crippen molar-refractivity contribution in [1.29, 1.82) is 0 Å². The summed E-state index contributed by atoms with van der Waals surface area (Å²) in [6, 6.07) is 3.03. The molecule has 0 saturated carbocycles. The first-order valence-electron chi connectivity index (χ1n) is 6.38. The molecule has 0 saturated heterocycles. The highest BCUT2D eigenvalue weighted by molar-refractivity contribution is 5.30. The van der Waals surface area contributed by atoms with E-state index in [2.05, 4.69) is 5.32 Å². The summed E-state index contributed by atoms with van der Waals surface area (Å²) in [5, 5.41) is 3.10. The van der Waals surface area contributed by atoms with Gasteiger partial charge in [0.15, 0.2) is 0 Å². The maximum atomic E-state index is 14.0. The highest BCUT2D eigenvalue weighted by atomic mass is 19.4. The number of nitrogens with one attached hydrogen (secondary N) is 1. The van der Waals surface area contributed by atoms with E-state index in [1.165, 1.54) is 12.1 Å². The summed E-state index contributed by atoms with van der Waals surface area (Å²) in [6.45, 7) is 6.30. The summed E-state index contributed by atoms with van der Waals surface area (Å²) in [5.41, 5.74) is -1.12. The van der Waals surface area contributed by atoms with E-state index in [1.54, 1.807) is 0 Å². The van der Waals surface area contributed by atoms with Crippen molar-refractivity contribution < 1.29 is 17.6 Å². The topological polar surface area (TPSA) is 12.0 Å². The Balaban J connectivity index is 3.17. The fourth-order valence-corrected chi connectivity index (χ4v) is 2.01. The van der Waals surface area contributed by atoms with E-state index < -0.39 is 23.6 Å². The molecule has 1 aromatic carbocycles. The Kier molecular flexibility index (Phi) is 5.35. The van der Waals surface area contributed by atoms with Gasteiger partial charge in [0, 0.05) is 11.6 Å². The molecule has 0 fully saturated rings. The van der Waals surface area contributed by atoms with Gasteiger partial charge in [-0.3, -0.25) is 0 Å². The first-order valence-corrected chi connectivity index (χ1v) is 6.38. The van der Waals surface area contributed by atoms with Crippen LogP contribution in [0, 0.1) is 11.7 Å². The van der Waals surface area contributed by atoms with Gasteiger partial charge in [0.25, 0.3) is 0 Å². The molecule has 5 heteroatoms. The van der Waals surface area contributed by atoms with Crippen LogP contribution < -0.4 is 5.32 Å². The van der Waals surface area contributed by atoms with Crippen LogP contribution in [0.4, 0.5) is 17.6 Å². The van der Waals surface area contributed by atoms with Gasteiger partial charge in [-0.15, -0.1) is 0 Å². The van der Waals surface area contributed by atoms with Crippen LogP contribution in [0.2, 0.25) is 0 Å². The van der Waals surface area contributed by atoms with Gasteiger partial charge in [-0.2, -0.15) is 13.2 Å². The Morgan fingerprint density at radius 1 is 1.21 bits per heavy atom. The molecule has 1 unspecified atom stereocenters. The lowest BCUT2D eigenvalue weighted by atomic mass is 9.93.